The second-order valence-electron chi connectivity index (χ2n) is 19.2. The number of fused-ring (bicyclic) bond motifs is 4. The van der Waals surface area contributed by atoms with Gasteiger partial charge in [-0.25, -0.2) is 18.0 Å². The lowest BCUT2D eigenvalue weighted by Crippen LogP contribution is -2.43. The van der Waals surface area contributed by atoms with Crippen molar-refractivity contribution < 1.29 is 65.8 Å². The lowest BCUT2D eigenvalue weighted by atomic mass is 9.68. The minimum atomic E-state index is -5.87. The molecule has 400 valence electrons. The zero-order chi connectivity index (χ0) is 54.4. The second kappa shape index (κ2) is 21.7. The number of rotatable bonds is 17. The number of phosphoric acid groups is 3. The Balaban J connectivity index is 0.936. The van der Waals surface area contributed by atoms with Crippen molar-refractivity contribution in [1.82, 2.24) is 29.3 Å². The number of aromatic nitrogens is 3. The molecule has 1 saturated heterocycles. The molecule has 2 aromatic heterocycles. The number of nitrogens with zero attached hydrogens (tertiary/aromatic N) is 5. The summed E-state index contributed by atoms with van der Waals surface area (Å²) in [6.07, 6.45) is -0.256. The van der Waals surface area contributed by atoms with Gasteiger partial charge in [-0.15, -0.1) is 0 Å². The quantitative estimate of drug-likeness (QED) is 0.0398. The van der Waals surface area contributed by atoms with Gasteiger partial charge in [0.25, 0.3) is 19.3 Å². The molecule has 4 heterocycles. The smallest absolute Gasteiger partial charge is 0.487 e. The molecule has 0 saturated carbocycles. The summed E-state index contributed by atoms with van der Waals surface area (Å²) in [6, 6.07) is 19.0. The predicted octanol–water partition coefficient (Wildman–Crippen LogP) is 2.10. The summed E-state index contributed by atoms with van der Waals surface area (Å²) in [7, 11) is -11.5. The molecule has 3 aromatic carbocycles. The standard InChI is InChI=1S/C49H59N8O15P3/c1-7-56-22-11-14-29-23-35-37(25-38(29)56)49(2,3)36-24-31(54(4)5)18-19-34(36)44(35)32-15-8-9-16-33(32)47(61)55(6)21-12-17-41(59)51-20-10-13-30-27-57(45-43(30)46(60)53-48(50)52-45)42-26-39(58)40(70-42)28-69-74(65,66)72-75(67,68)71-73(62,63)64/h8-9,15-16,18-19,23-25,27,39-40,42,58H,7,11-12,14,17,20-22,26,28H2,1-6H3,(H7-,50,51,52,53,59,60,62,63,64,65,66,67,68)/t39-,40+,42+/m0/s1. The molecule has 0 radical (unpaired) electrons. The van der Waals surface area contributed by atoms with Crippen LogP contribution in [0.3, 0.4) is 0 Å². The number of phosphoric ester groups is 1. The van der Waals surface area contributed by atoms with Crippen LogP contribution < -0.4 is 41.6 Å². The first kappa shape index (κ1) is 55.4. The molecule has 2 amide bonds. The molecule has 75 heavy (non-hydrogen) atoms. The van der Waals surface area contributed by atoms with Gasteiger partial charge in [0.05, 0.1) is 30.2 Å². The molecule has 1 fully saturated rings. The highest BCUT2D eigenvalue weighted by atomic mass is 31.3. The van der Waals surface area contributed by atoms with Gasteiger partial charge in [0.15, 0.2) is 5.65 Å². The molecule has 23 nitrogen and oxygen atoms in total. The molecule has 26 heteroatoms. The number of carbonyl (C=O) groups is 2. The number of carbonyl (C=O) groups excluding carboxylic acids is 2. The number of anilines is 2. The number of nitrogen functional groups attached to an aromatic ring is 1. The minimum Gasteiger partial charge on any atom is -0.756 e. The van der Waals surface area contributed by atoms with Crippen LogP contribution in [0.25, 0.3) is 16.6 Å². The van der Waals surface area contributed by atoms with Crippen LogP contribution in [0.2, 0.25) is 0 Å². The van der Waals surface area contributed by atoms with E-state index in [1.165, 1.54) is 32.8 Å². The van der Waals surface area contributed by atoms with E-state index in [0.717, 1.165) is 53.5 Å². The van der Waals surface area contributed by atoms with Gasteiger partial charge in [0, 0.05) is 81.4 Å². The Labute approximate surface area is 431 Å². The molecule has 6 atom stereocenters. The highest BCUT2D eigenvalue weighted by Crippen LogP contribution is 2.65. The van der Waals surface area contributed by atoms with Crippen molar-refractivity contribution in [3.8, 4) is 11.8 Å². The third kappa shape index (κ3) is 12.1. The zero-order valence-electron chi connectivity index (χ0n) is 42.0. The fraction of sp³-hybridized carbons (Fsp3) is 0.408. The van der Waals surface area contributed by atoms with Gasteiger partial charge in [-0.1, -0.05) is 50.0 Å². The number of aliphatic hydroxyl groups is 1. The van der Waals surface area contributed by atoms with Gasteiger partial charge in [0.1, 0.15) is 25.4 Å². The van der Waals surface area contributed by atoms with Gasteiger partial charge >= 0.3 is 15.6 Å². The van der Waals surface area contributed by atoms with E-state index in [9.17, 15) is 47.9 Å². The largest absolute Gasteiger partial charge is 0.756 e. The molecule has 8 rings (SSSR count). The van der Waals surface area contributed by atoms with E-state index in [1.54, 1.807) is 11.9 Å². The molecular formula is C49H59N8O15P3. The zero-order valence-corrected chi connectivity index (χ0v) is 44.7. The van der Waals surface area contributed by atoms with E-state index >= 15 is 0 Å². The van der Waals surface area contributed by atoms with Crippen molar-refractivity contribution >= 4 is 63.5 Å². The highest BCUT2D eigenvalue weighted by Gasteiger charge is 2.42. The average molecular weight is 1090 g/mol. The predicted molar refractivity (Wildman–Crippen MR) is 275 cm³/mol. The van der Waals surface area contributed by atoms with Gasteiger partial charge in [-0.3, -0.25) is 28.5 Å². The summed E-state index contributed by atoms with van der Waals surface area (Å²) >= 11 is 0. The summed E-state index contributed by atoms with van der Waals surface area (Å²) in [5.74, 6) is 4.88. The lowest BCUT2D eigenvalue weighted by molar-refractivity contribution is -0.212. The normalized spacial score (nSPS) is 20.1. The Morgan fingerprint density at radius 2 is 1.80 bits per heavy atom. The Kier molecular flexibility index (Phi) is 16.0. The van der Waals surface area contributed by atoms with Crippen molar-refractivity contribution in [2.75, 3.05) is 64.6 Å². The lowest BCUT2D eigenvalue weighted by Gasteiger charge is -2.36. The Hall–Kier alpha value is -5.82. The van der Waals surface area contributed by atoms with Crippen LogP contribution in [0.4, 0.5) is 11.6 Å². The Morgan fingerprint density at radius 3 is 2.52 bits per heavy atom. The Bertz CT molecular complexity index is 3510. The molecule has 3 unspecified atom stereocenters. The van der Waals surface area contributed by atoms with Gasteiger partial charge < -0.3 is 54.8 Å². The summed E-state index contributed by atoms with van der Waals surface area (Å²) < 4.78 is 56.2. The first-order chi connectivity index (χ1) is 35.3. The van der Waals surface area contributed by atoms with E-state index in [4.69, 9.17) is 15.4 Å². The molecule has 0 spiro atoms. The molecular weight excluding hydrogens is 1030 g/mol. The number of aryl methyl sites for hydroxylation is 1. The van der Waals surface area contributed by atoms with Crippen molar-refractivity contribution in [1.29, 1.82) is 0 Å². The number of amides is 2. The van der Waals surface area contributed by atoms with Crippen LogP contribution in [-0.4, -0.2) is 117 Å². The van der Waals surface area contributed by atoms with Crippen molar-refractivity contribution in [2.24, 2.45) is 0 Å². The van der Waals surface area contributed by atoms with E-state index in [1.807, 2.05) is 38.4 Å². The van der Waals surface area contributed by atoms with Crippen LogP contribution in [0, 0.1) is 11.8 Å². The second-order valence-corrected chi connectivity index (χ2v) is 23.6. The van der Waals surface area contributed by atoms with Crippen LogP contribution in [0.15, 0.2) is 65.6 Å². The fourth-order valence-corrected chi connectivity index (χ4v) is 12.9. The first-order valence-corrected chi connectivity index (χ1v) is 28.5. The number of hydrogen-bond donors (Lipinski definition) is 7. The van der Waals surface area contributed by atoms with E-state index in [-0.39, 0.29) is 65.7 Å². The van der Waals surface area contributed by atoms with E-state index < -0.39 is 54.1 Å². The molecule has 5 aromatic rings. The number of nitrogens with two attached hydrogens (primary N) is 1. The number of hydrogen-bond acceptors (Lipinski definition) is 15. The minimum absolute atomic E-state index is 0.0123. The third-order valence-corrected chi connectivity index (χ3v) is 17.3. The highest BCUT2D eigenvalue weighted by molar-refractivity contribution is 7.66. The number of aromatic amines is 1. The van der Waals surface area contributed by atoms with Gasteiger partial charge in [-0.2, -0.15) is 9.29 Å². The van der Waals surface area contributed by atoms with Crippen LogP contribution in [0.1, 0.15) is 96.4 Å². The summed E-state index contributed by atoms with van der Waals surface area (Å²) in [4.78, 5) is 89.7. The number of ether oxygens (including phenoxy) is 1. The number of nitrogens with one attached hydrogen (secondary N) is 2. The third-order valence-electron chi connectivity index (χ3n) is 13.5. The van der Waals surface area contributed by atoms with Crippen molar-refractivity contribution in [2.45, 2.75) is 76.7 Å². The number of aliphatic hydroxyl groups excluding tert-OH is 1. The molecule has 3 aliphatic rings. The van der Waals surface area contributed by atoms with E-state index in [2.05, 4.69) is 101 Å². The first-order valence-electron chi connectivity index (χ1n) is 24.0. The van der Waals surface area contributed by atoms with Crippen molar-refractivity contribution in [3.63, 3.8) is 0 Å². The van der Waals surface area contributed by atoms with E-state index in [0.29, 0.717) is 12.0 Å². The number of benzene rings is 3. The average Bonchev–Trinajstić information content (AvgIpc) is 3.89. The molecule has 2 aliphatic heterocycles. The summed E-state index contributed by atoms with van der Waals surface area (Å²) in [6.45, 7) is 7.89. The van der Waals surface area contributed by atoms with Crippen molar-refractivity contribution in [3.05, 3.63) is 121 Å². The molecule has 1 aliphatic carbocycles. The maximum atomic E-state index is 14.5. The monoisotopic (exact) mass is 1090 g/mol. The number of H-pyrrole nitrogens is 1. The van der Waals surface area contributed by atoms with Gasteiger partial charge in [-0.05, 0) is 77.1 Å². The maximum Gasteiger partial charge on any atom is 0.487 e. The Morgan fingerprint density at radius 1 is 1.05 bits per heavy atom. The van der Waals surface area contributed by atoms with Crippen LogP contribution in [-0.2, 0) is 48.2 Å². The topological polar surface area (TPSA) is 324 Å². The van der Waals surface area contributed by atoms with Gasteiger partial charge in [0.2, 0.25) is 17.2 Å². The maximum absolute atomic E-state index is 14.5. The summed E-state index contributed by atoms with van der Waals surface area (Å²) in [5, 5.41) is 15.8. The summed E-state index contributed by atoms with van der Waals surface area (Å²) in [5.41, 5.74) is 13.2. The van der Waals surface area contributed by atoms with Crippen LogP contribution in [0.5, 0.6) is 0 Å². The molecule has 0 bridgehead atoms. The SMILES string of the molecule is CC[N+]1=c2cc3c(cc2CCC1)=C(c1ccccc1C(=O)N(C)CCCC(=O)NCC#Cc1cn([C@H]2C[C@H](O)[C@@H](COP(=O)(O)OP(=O)(O)OP(=O)([O-])O)O2)c2nc(N)[nH]c(=O)c12)c1ccc(N(C)C)cc1C3(C)C. The van der Waals surface area contributed by atoms with Crippen LogP contribution >= 0.6 is 23.5 Å². The fourth-order valence-electron chi connectivity index (χ4n) is 9.92. The molecule has 8 N–H and O–H groups in total.